The van der Waals surface area contributed by atoms with Gasteiger partial charge in [0.15, 0.2) is 11.5 Å². The smallest absolute Gasteiger partial charge is 0.231 e. The van der Waals surface area contributed by atoms with Crippen LogP contribution in [0.15, 0.2) is 36.0 Å². The van der Waals surface area contributed by atoms with Crippen molar-refractivity contribution in [1.29, 1.82) is 0 Å². The predicted octanol–water partition coefficient (Wildman–Crippen LogP) is 3.78. The summed E-state index contributed by atoms with van der Waals surface area (Å²) in [5.41, 5.74) is -5.69. The van der Waals surface area contributed by atoms with E-state index in [9.17, 15) is 13.6 Å². The third kappa shape index (κ3) is 1.09. The molecule has 5 aliphatic rings. The average Bonchev–Trinajstić information content (AvgIpc) is 3.22. The lowest BCUT2D eigenvalue weighted by molar-refractivity contribution is -0.159. The van der Waals surface area contributed by atoms with Gasteiger partial charge in [0.25, 0.3) is 0 Å². The van der Waals surface area contributed by atoms with Crippen molar-refractivity contribution in [1.82, 2.24) is 0 Å². The van der Waals surface area contributed by atoms with Crippen LogP contribution in [0.3, 0.4) is 0 Å². The van der Waals surface area contributed by atoms with E-state index in [0.717, 1.165) is 0 Å². The molecule has 22 heavy (non-hydrogen) atoms. The summed E-state index contributed by atoms with van der Waals surface area (Å²) in [5, 5.41) is 0. The Kier molecular flexibility index (Phi) is 2.12. The van der Waals surface area contributed by atoms with E-state index in [-0.39, 0.29) is 18.3 Å². The molecule has 2 fully saturated rings. The first-order chi connectivity index (χ1) is 10.4. The van der Waals surface area contributed by atoms with Gasteiger partial charge in [-0.2, -0.15) is 0 Å². The summed E-state index contributed by atoms with van der Waals surface area (Å²) in [5.74, 6) is -8.88. The second kappa shape index (κ2) is 3.57. The molecule has 116 valence electrons. The molecule has 6 bridgehead atoms. The largest absolute Gasteiger partial charge is 0.292 e. The van der Waals surface area contributed by atoms with Crippen LogP contribution in [-0.2, 0) is 4.79 Å². The van der Waals surface area contributed by atoms with Crippen molar-refractivity contribution in [3.05, 3.63) is 36.0 Å². The lowest BCUT2D eigenvalue weighted by Crippen LogP contribution is -2.61. The van der Waals surface area contributed by atoms with Crippen LogP contribution >= 0.6 is 0 Å². The summed E-state index contributed by atoms with van der Waals surface area (Å²) in [6.07, 6.45) is 6.91. The molecule has 0 radical (unpaired) electrons. The second-order valence-corrected chi connectivity index (χ2v) is 7.30. The zero-order chi connectivity index (χ0) is 15.4. The average molecular weight is 310 g/mol. The first-order valence-corrected chi connectivity index (χ1v) is 7.75. The molecule has 8 atom stereocenters. The number of alkyl halides is 2. The normalized spacial score (nSPS) is 57.5. The van der Waals surface area contributed by atoms with Crippen LogP contribution < -0.4 is 0 Å². The lowest BCUT2D eigenvalue weighted by atomic mass is 9.61. The molecule has 0 N–H and O–H groups in total. The minimum atomic E-state index is -3.17. The molecule has 0 aromatic rings. The lowest BCUT2D eigenvalue weighted by Gasteiger charge is -2.45. The summed E-state index contributed by atoms with van der Waals surface area (Å²) in [4.78, 5) is 12.7. The van der Waals surface area contributed by atoms with Gasteiger partial charge < -0.3 is 0 Å². The van der Waals surface area contributed by atoms with Gasteiger partial charge in [-0.1, -0.05) is 24.3 Å². The van der Waals surface area contributed by atoms with E-state index in [1.165, 1.54) is 12.2 Å². The van der Waals surface area contributed by atoms with Gasteiger partial charge in [0, 0.05) is 23.7 Å². The summed E-state index contributed by atoms with van der Waals surface area (Å²) in [7, 11) is 0. The van der Waals surface area contributed by atoms with Gasteiger partial charge in [-0.15, -0.1) is 0 Å². The summed E-state index contributed by atoms with van der Waals surface area (Å²) >= 11 is 0. The highest BCUT2D eigenvalue weighted by Crippen LogP contribution is 2.66. The van der Waals surface area contributed by atoms with Crippen molar-refractivity contribution in [2.75, 3.05) is 0 Å². The number of ketones is 1. The monoisotopic (exact) mass is 310 g/mol. The summed E-state index contributed by atoms with van der Waals surface area (Å²) < 4.78 is 60.5. The molecule has 0 aromatic carbocycles. The molecule has 0 spiro atoms. The molecule has 5 heteroatoms. The van der Waals surface area contributed by atoms with E-state index in [2.05, 4.69) is 0 Å². The molecule has 5 aliphatic carbocycles. The number of carbonyl (C=O) groups is 1. The maximum Gasteiger partial charge on any atom is 0.231 e. The Hall–Kier alpha value is -1.39. The van der Waals surface area contributed by atoms with Gasteiger partial charge in [-0.3, -0.25) is 4.79 Å². The Labute approximate surface area is 124 Å². The molecule has 0 heterocycles. The van der Waals surface area contributed by atoms with Gasteiger partial charge in [-0.05, 0) is 24.7 Å². The van der Waals surface area contributed by atoms with E-state index in [4.69, 9.17) is 0 Å². The maximum absolute atomic E-state index is 15.9. The Morgan fingerprint density at radius 2 is 1.64 bits per heavy atom. The fourth-order valence-corrected chi connectivity index (χ4v) is 5.64. The Morgan fingerprint density at radius 1 is 0.955 bits per heavy atom. The van der Waals surface area contributed by atoms with Gasteiger partial charge in [0.2, 0.25) is 11.5 Å². The number of fused-ring (bicyclic) bond motifs is 12. The van der Waals surface area contributed by atoms with Crippen LogP contribution in [0.1, 0.15) is 12.8 Å². The highest BCUT2D eigenvalue weighted by atomic mass is 19.2. The minimum Gasteiger partial charge on any atom is -0.292 e. The molecule has 0 amide bonds. The molecular formula is C17H14F4O. The zero-order valence-corrected chi connectivity index (χ0v) is 11.6. The van der Waals surface area contributed by atoms with Crippen LogP contribution in [0.5, 0.6) is 0 Å². The van der Waals surface area contributed by atoms with Gasteiger partial charge in [-0.25, -0.2) is 17.6 Å². The van der Waals surface area contributed by atoms with Crippen molar-refractivity contribution in [2.24, 2.45) is 35.5 Å². The predicted molar refractivity (Wildman–Crippen MR) is 70.4 cm³/mol. The topological polar surface area (TPSA) is 17.1 Å². The van der Waals surface area contributed by atoms with Crippen LogP contribution in [0.2, 0.25) is 0 Å². The highest BCUT2D eigenvalue weighted by Gasteiger charge is 2.75. The van der Waals surface area contributed by atoms with E-state index < -0.39 is 52.4 Å². The second-order valence-electron chi connectivity index (χ2n) is 7.30. The van der Waals surface area contributed by atoms with Gasteiger partial charge >= 0.3 is 0 Å². The van der Waals surface area contributed by atoms with Crippen LogP contribution in [0.25, 0.3) is 0 Å². The van der Waals surface area contributed by atoms with Gasteiger partial charge in [0.1, 0.15) is 5.83 Å². The molecule has 2 unspecified atom stereocenters. The van der Waals surface area contributed by atoms with E-state index in [0.29, 0.717) is 6.42 Å². The molecule has 5 rings (SSSR count). The Balaban J connectivity index is 1.84. The number of rotatable bonds is 0. The highest BCUT2D eigenvalue weighted by molar-refractivity contribution is 6.00. The Bertz CT molecular complexity index is 695. The fraction of sp³-hybridized carbons (Fsp3) is 0.588. The van der Waals surface area contributed by atoms with E-state index >= 15 is 8.78 Å². The third-order valence-electron chi connectivity index (χ3n) is 6.58. The molecule has 1 nitrogen and oxygen atoms in total. The van der Waals surface area contributed by atoms with Gasteiger partial charge in [0.05, 0.1) is 0 Å². The van der Waals surface area contributed by atoms with Crippen LogP contribution in [-0.4, -0.2) is 17.1 Å². The molecule has 2 saturated carbocycles. The van der Waals surface area contributed by atoms with Crippen molar-refractivity contribution in [2.45, 2.75) is 24.2 Å². The number of hydrogen-bond donors (Lipinski definition) is 0. The number of hydrogen-bond acceptors (Lipinski definition) is 1. The quantitative estimate of drug-likeness (QED) is 0.491. The number of halogens is 4. The summed E-state index contributed by atoms with van der Waals surface area (Å²) in [6.45, 7) is 0. The fourth-order valence-electron chi connectivity index (χ4n) is 5.64. The first kappa shape index (κ1) is 13.1. The van der Waals surface area contributed by atoms with Crippen molar-refractivity contribution < 1.29 is 22.4 Å². The van der Waals surface area contributed by atoms with Crippen molar-refractivity contribution in [3.8, 4) is 0 Å². The summed E-state index contributed by atoms with van der Waals surface area (Å²) in [6, 6.07) is 0. The van der Waals surface area contributed by atoms with Crippen molar-refractivity contribution >= 4 is 5.78 Å². The number of Topliss-reactive ketones (excluding diaryl/α,β-unsaturated/α-hetero) is 1. The maximum atomic E-state index is 15.9. The first-order valence-electron chi connectivity index (χ1n) is 7.75. The van der Waals surface area contributed by atoms with E-state index in [1.807, 2.05) is 0 Å². The van der Waals surface area contributed by atoms with Crippen LogP contribution in [0, 0.1) is 35.5 Å². The standard InChI is InChI=1S/C17H14F4O/c18-13-11-7-1-2-8(5-7)12(11)16(20)9-3-4-10(6-9)17(21,14(13)19)15(16)22/h1-4,7-12H,5-6H2/t7-,8+,9+,10-,11?,12?,16-,17+/m0/s1. The van der Waals surface area contributed by atoms with Crippen molar-refractivity contribution in [3.63, 3.8) is 0 Å². The van der Waals surface area contributed by atoms with Crippen LogP contribution in [0.4, 0.5) is 17.6 Å². The molecule has 0 aliphatic heterocycles. The Morgan fingerprint density at radius 3 is 2.41 bits per heavy atom. The molecular weight excluding hydrogens is 296 g/mol. The number of allylic oxidation sites excluding steroid dienone is 6. The third-order valence-corrected chi connectivity index (χ3v) is 6.58. The molecule has 0 aromatic heterocycles. The zero-order valence-electron chi connectivity index (χ0n) is 11.6. The number of carbonyl (C=O) groups excluding carboxylic acids is 1. The van der Waals surface area contributed by atoms with E-state index in [1.54, 1.807) is 12.2 Å². The minimum absolute atomic E-state index is 0.0315. The molecule has 0 saturated heterocycles. The SMILES string of the molecule is O=C1[C@]2(F)C(F)=C(F)C3C([C@@H]4C=C[C@H]3C4)[C@@]1(F)[C@@H]1C=C[C@H]2C1.